The number of carbonyl (C=O) groups excluding carboxylic acids is 1. The highest BCUT2D eigenvalue weighted by molar-refractivity contribution is 7.89. The Kier molecular flexibility index (Phi) is 8.97. The predicted octanol–water partition coefficient (Wildman–Crippen LogP) is 4.67. The van der Waals surface area contributed by atoms with Crippen LogP contribution in [0.1, 0.15) is 29.8 Å². The Hall–Kier alpha value is -3.27. The molecule has 0 aliphatic heterocycles. The second kappa shape index (κ2) is 11.9. The molecule has 0 saturated heterocycles. The number of nitrogens with zero attached hydrogens (tertiary/aromatic N) is 1. The van der Waals surface area contributed by atoms with Crippen molar-refractivity contribution in [1.82, 2.24) is 9.62 Å². The number of benzene rings is 3. The van der Waals surface area contributed by atoms with Gasteiger partial charge < -0.3 is 10.1 Å². The molecule has 0 atom stereocenters. The highest BCUT2D eigenvalue weighted by Crippen LogP contribution is 2.19. The number of rotatable bonds is 9. The van der Waals surface area contributed by atoms with Crippen LogP contribution in [0.2, 0.25) is 0 Å². The van der Waals surface area contributed by atoms with Crippen molar-refractivity contribution >= 4 is 38.9 Å². The van der Waals surface area contributed by atoms with Crippen molar-refractivity contribution in [3.8, 4) is 5.75 Å². The third-order valence-corrected chi connectivity index (χ3v) is 7.02. The van der Waals surface area contributed by atoms with Crippen molar-refractivity contribution in [2.75, 3.05) is 19.0 Å². The average Bonchev–Trinajstić information content (AvgIpc) is 2.84. The third kappa shape index (κ3) is 7.61. The molecule has 0 saturated carbocycles. The van der Waals surface area contributed by atoms with Crippen LogP contribution in [0, 0.1) is 5.92 Å². The van der Waals surface area contributed by atoms with Gasteiger partial charge in [-0.15, -0.1) is 0 Å². The van der Waals surface area contributed by atoms with Crippen LogP contribution >= 0.6 is 12.2 Å². The van der Waals surface area contributed by atoms with E-state index < -0.39 is 10.0 Å². The minimum atomic E-state index is -3.66. The number of amides is 1. The van der Waals surface area contributed by atoms with Crippen LogP contribution in [-0.4, -0.2) is 37.4 Å². The number of nitrogens with one attached hydrogen (secondary N) is 2. The zero-order chi connectivity index (χ0) is 25.4. The molecule has 7 nitrogen and oxygen atoms in total. The van der Waals surface area contributed by atoms with Gasteiger partial charge in [-0.2, -0.15) is 4.31 Å². The summed E-state index contributed by atoms with van der Waals surface area (Å²) in [4.78, 5) is 12.6. The Bertz CT molecular complexity index is 1240. The maximum Gasteiger partial charge on any atom is 0.257 e. The molecule has 3 aromatic rings. The molecule has 0 fully saturated rings. The van der Waals surface area contributed by atoms with Gasteiger partial charge in [0.05, 0.1) is 11.5 Å². The lowest BCUT2D eigenvalue weighted by Gasteiger charge is -2.17. The first-order valence-electron chi connectivity index (χ1n) is 11.1. The van der Waals surface area contributed by atoms with Gasteiger partial charge in [0, 0.05) is 24.8 Å². The molecule has 0 aliphatic rings. The van der Waals surface area contributed by atoms with Crippen LogP contribution in [0.15, 0.2) is 83.8 Å². The van der Waals surface area contributed by atoms with E-state index in [1.54, 1.807) is 43.4 Å². The molecular weight excluding hydrogens is 482 g/mol. The van der Waals surface area contributed by atoms with Crippen LogP contribution in [0.4, 0.5) is 5.69 Å². The molecule has 3 aromatic carbocycles. The van der Waals surface area contributed by atoms with Crippen molar-refractivity contribution in [2.24, 2.45) is 5.92 Å². The fourth-order valence-electron chi connectivity index (χ4n) is 3.12. The number of hydrogen-bond donors (Lipinski definition) is 2. The molecule has 35 heavy (non-hydrogen) atoms. The molecule has 3 rings (SSSR count). The Morgan fingerprint density at radius 1 is 0.971 bits per heavy atom. The Morgan fingerprint density at radius 3 is 2.20 bits per heavy atom. The van der Waals surface area contributed by atoms with Crippen LogP contribution in [0.5, 0.6) is 5.75 Å². The molecule has 0 bridgehead atoms. The quantitative estimate of drug-likeness (QED) is 0.406. The standard InChI is InChI=1S/C26H29N3O4S2/c1-19(2)18-33-23-13-9-21(10-14-23)25(30)28-26(34)27-22-11-15-24(16-12-22)35(31,32)29(3)17-20-7-5-4-6-8-20/h4-16,19H,17-18H2,1-3H3,(H2,27,28,30,34). The largest absolute Gasteiger partial charge is 0.493 e. The number of hydrogen-bond acceptors (Lipinski definition) is 5. The lowest BCUT2D eigenvalue weighted by Crippen LogP contribution is -2.34. The zero-order valence-corrected chi connectivity index (χ0v) is 21.5. The summed E-state index contributed by atoms with van der Waals surface area (Å²) < 4.78 is 32.7. The third-order valence-electron chi connectivity index (χ3n) is 5.00. The van der Waals surface area contributed by atoms with E-state index in [0.717, 1.165) is 5.56 Å². The van der Waals surface area contributed by atoms with E-state index in [9.17, 15) is 13.2 Å². The van der Waals surface area contributed by atoms with Gasteiger partial charge in [0.25, 0.3) is 5.91 Å². The van der Waals surface area contributed by atoms with Crippen LogP contribution in [-0.2, 0) is 16.6 Å². The Labute approximate surface area is 212 Å². The van der Waals surface area contributed by atoms with Gasteiger partial charge in [0.2, 0.25) is 10.0 Å². The van der Waals surface area contributed by atoms with Crippen LogP contribution in [0.3, 0.4) is 0 Å². The fraction of sp³-hybridized carbons (Fsp3) is 0.231. The van der Waals surface area contributed by atoms with Crippen molar-refractivity contribution in [3.63, 3.8) is 0 Å². The van der Waals surface area contributed by atoms with Gasteiger partial charge in [-0.1, -0.05) is 44.2 Å². The van der Waals surface area contributed by atoms with E-state index >= 15 is 0 Å². The lowest BCUT2D eigenvalue weighted by molar-refractivity contribution is 0.0977. The SMILES string of the molecule is CC(C)COc1ccc(C(=O)NC(=S)Nc2ccc(S(=O)(=O)N(C)Cc3ccccc3)cc2)cc1. The summed E-state index contributed by atoms with van der Waals surface area (Å²) in [5.74, 6) is 0.742. The molecule has 184 valence electrons. The minimum absolute atomic E-state index is 0.104. The topological polar surface area (TPSA) is 87.7 Å². The first kappa shape index (κ1) is 26.3. The van der Waals surface area contributed by atoms with Crippen molar-refractivity contribution < 1.29 is 17.9 Å². The number of thiocarbonyl (C=S) groups is 1. The maximum atomic E-state index is 12.9. The summed E-state index contributed by atoms with van der Waals surface area (Å²) in [6, 6.07) is 22.4. The first-order valence-corrected chi connectivity index (χ1v) is 13.0. The number of carbonyl (C=O) groups is 1. The number of ether oxygens (including phenoxy) is 1. The summed E-state index contributed by atoms with van der Waals surface area (Å²) in [7, 11) is -2.11. The highest BCUT2D eigenvalue weighted by atomic mass is 32.2. The van der Waals surface area contributed by atoms with Crippen LogP contribution in [0.25, 0.3) is 0 Å². The smallest absolute Gasteiger partial charge is 0.257 e. The molecule has 0 spiro atoms. The summed E-state index contributed by atoms with van der Waals surface area (Å²) in [5.41, 5.74) is 1.89. The fourth-order valence-corrected chi connectivity index (χ4v) is 4.49. The Morgan fingerprint density at radius 2 is 1.60 bits per heavy atom. The van der Waals surface area contributed by atoms with Gasteiger partial charge in [-0.3, -0.25) is 10.1 Å². The molecule has 2 N–H and O–H groups in total. The second-order valence-electron chi connectivity index (χ2n) is 8.41. The van der Waals surface area contributed by atoms with Gasteiger partial charge in [0.15, 0.2) is 5.11 Å². The molecule has 0 radical (unpaired) electrons. The molecule has 0 aliphatic carbocycles. The Balaban J connectivity index is 1.56. The summed E-state index contributed by atoms with van der Waals surface area (Å²) in [5, 5.41) is 5.62. The zero-order valence-electron chi connectivity index (χ0n) is 19.9. The minimum Gasteiger partial charge on any atom is -0.493 e. The molecule has 0 aromatic heterocycles. The van der Waals surface area contributed by atoms with Crippen molar-refractivity contribution in [3.05, 3.63) is 90.0 Å². The average molecular weight is 512 g/mol. The van der Waals surface area contributed by atoms with Crippen molar-refractivity contribution in [1.29, 1.82) is 0 Å². The van der Waals surface area contributed by atoms with E-state index in [2.05, 4.69) is 24.5 Å². The van der Waals surface area contributed by atoms with E-state index in [4.69, 9.17) is 17.0 Å². The molecule has 0 unspecified atom stereocenters. The normalized spacial score (nSPS) is 11.3. The monoisotopic (exact) mass is 511 g/mol. The van der Waals surface area contributed by atoms with Gasteiger partial charge in [-0.25, -0.2) is 8.42 Å². The summed E-state index contributed by atoms with van der Waals surface area (Å²) in [6.45, 7) is 4.99. The van der Waals surface area contributed by atoms with E-state index in [1.165, 1.54) is 16.4 Å². The van der Waals surface area contributed by atoms with E-state index in [-0.39, 0.29) is 22.5 Å². The van der Waals surface area contributed by atoms with E-state index in [1.807, 2.05) is 30.3 Å². The van der Waals surface area contributed by atoms with Gasteiger partial charge in [-0.05, 0) is 72.2 Å². The van der Waals surface area contributed by atoms with Crippen LogP contribution < -0.4 is 15.4 Å². The summed E-state index contributed by atoms with van der Waals surface area (Å²) >= 11 is 5.23. The number of anilines is 1. The molecular formula is C26H29N3O4S2. The molecule has 0 heterocycles. The molecule has 1 amide bonds. The van der Waals surface area contributed by atoms with Gasteiger partial charge >= 0.3 is 0 Å². The predicted molar refractivity (Wildman–Crippen MR) is 142 cm³/mol. The highest BCUT2D eigenvalue weighted by Gasteiger charge is 2.21. The first-order chi connectivity index (χ1) is 16.6. The van der Waals surface area contributed by atoms with E-state index in [0.29, 0.717) is 29.5 Å². The van der Waals surface area contributed by atoms with Crippen molar-refractivity contribution in [2.45, 2.75) is 25.3 Å². The second-order valence-corrected chi connectivity index (χ2v) is 10.9. The summed E-state index contributed by atoms with van der Waals surface area (Å²) in [6.07, 6.45) is 0. The lowest BCUT2D eigenvalue weighted by atomic mass is 10.2. The maximum absolute atomic E-state index is 12.9. The number of sulfonamides is 1. The molecule has 9 heteroatoms. The van der Waals surface area contributed by atoms with Gasteiger partial charge in [0.1, 0.15) is 5.75 Å².